The SMILES string of the molecule is COc1cc(OC)c([C@H](c2ccccc2)c2c(O)c(OC)c3oc4c(O)c(OC)c(OC)cc4c(=O)c3c2O)cc1OC. The molecule has 11 nitrogen and oxygen atoms in total. The molecule has 4 aromatic carbocycles. The molecular weight excluding hydrogens is 560 g/mol. The van der Waals surface area contributed by atoms with Gasteiger partial charge in [0.15, 0.2) is 34.2 Å². The van der Waals surface area contributed by atoms with Gasteiger partial charge in [-0.1, -0.05) is 30.3 Å². The van der Waals surface area contributed by atoms with Crippen LogP contribution in [0.3, 0.4) is 0 Å². The minimum absolute atomic E-state index is 0.0579. The topological polar surface area (TPSA) is 146 Å². The van der Waals surface area contributed by atoms with E-state index in [2.05, 4.69) is 0 Å². The van der Waals surface area contributed by atoms with Crippen molar-refractivity contribution in [3.63, 3.8) is 0 Å². The second-order valence-corrected chi connectivity index (χ2v) is 9.41. The molecule has 0 unspecified atom stereocenters. The van der Waals surface area contributed by atoms with Gasteiger partial charge in [-0.3, -0.25) is 4.79 Å². The van der Waals surface area contributed by atoms with Crippen LogP contribution in [0.1, 0.15) is 22.6 Å². The molecule has 1 atom stereocenters. The zero-order valence-electron chi connectivity index (χ0n) is 24.3. The fourth-order valence-electron chi connectivity index (χ4n) is 5.36. The molecule has 0 radical (unpaired) electrons. The molecule has 43 heavy (non-hydrogen) atoms. The van der Waals surface area contributed by atoms with E-state index in [9.17, 15) is 20.1 Å². The normalized spacial score (nSPS) is 11.8. The first-order chi connectivity index (χ1) is 20.8. The third-order valence-electron chi connectivity index (χ3n) is 7.34. The first-order valence-electron chi connectivity index (χ1n) is 13.0. The Morgan fingerprint density at radius 3 is 1.81 bits per heavy atom. The van der Waals surface area contributed by atoms with Crippen LogP contribution in [-0.2, 0) is 0 Å². The summed E-state index contributed by atoms with van der Waals surface area (Å²) in [6, 6.07) is 13.6. The van der Waals surface area contributed by atoms with Gasteiger partial charge in [0.25, 0.3) is 0 Å². The Morgan fingerprint density at radius 1 is 0.628 bits per heavy atom. The standard InChI is InChI=1S/C32H30O11/c1-37-18-14-20(39-3)19(38-2)12-16(18)22(15-10-8-7-9-11-15)23-26(34)24-25(33)17-13-21(40-4)30(41-5)28(36)29(17)43-31(24)32(42-6)27(23)35/h7-14,22,34-36H,1-6H3/t22-/m0/s1. The maximum Gasteiger partial charge on any atom is 0.207 e. The van der Waals surface area contributed by atoms with Crippen molar-refractivity contribution >= 4 is 21.9 Å². The van der Waals surface area contributed by atoms with Gasteiger partial charge in [-0.25, -0.2) is 0 Å². The van der Waals surface area contributed by atoms with Crippen LogP contribution in [0, 0.1) is 0 Å². The fraction of sp³-hybridized carbons (Fsp3) is 0.219. The number of aromatic hydroxyl groups is 3. The highest BCUT2D eigenvalue weighted by molar-refractivity contribution is 6.01. The van der Waals surface area contributed by atoms with Crippen LogP contribution < -0.4 is 33.8 Å². The average molecular weight is 591 g/mol. The maximum absolute atomic E-state index is 14.0. The van der Waals surface area contributed by atoms with Crippen molar-refractivity contribution in [3.05, 3.63) is 75.4 Å². The van der Waals surface area contributed by atoms with E-state index >= 15 is 0 Å². The Morgan fingerprint density at radius 2 is 1.23 bits per heavy atom. The van der Waals surface area contributed by atoms with Crippen LogP contribution >= 0.6 is 0 Å². The van der Waals surface area contributed by atoms with E-state index in [0.29, 0.717) is 28.4 Å². The smallest absolute Gasteiger partial charge is 0.207 e. The Bertz CT molecular complexity index is 1890. The summed E-state index contributed by atoms with van der Waals surface area (Å²) >= 11 is 0. The maximum atomic E-state index is 14.0. The Kier molecular flexibility index (Phi) is 7.73. The average Bonchev–Trinajstić information content (AvgIpc) is 3.03. The number of hydrogen-bond donors (Lipinski definition) is 3. The molecule has 0 spiro atoms. The summed E-state index contributed by atoms with van der Waals surface area (Å²) in [6.45, 7) is 0. The number of methoxy groups -OCH3 is 6. The summed E-state index contributed by atoms with van der Waals surface area (Å²) in [4.78, 5) is 14.0. The number of phenols is 3. The number of ether oxygens (including phenoxy) is 6. The van der Waals surface area contributed by atoms with Gasteiger partial charge in [0.2, 0.25) is 22.7 Å². The van der Waals surface area contributed by atoms with E-state index in [1.165, 1.54) is 48.7 Å². The zero-order chi connectivity index (χ0) is 31.0. The number of rotatable bonds is 9. The molecule has 0 bridgehead atoms. The molecule has 11 heteroatoms. The van der Waals surface area contributed by atoms with Crippen LogP contribution in [0.5, 0.6) is 51.7 Å². The molecule has 0 aliphatic rings. The molecule has 1 aromatic heterocycles. The second kappa shape index (κ2) is 11.4. The molecule has 1 heterocycles. The molecule has 0 fully saturated rings. The summed E-state index contributed by atoms with van der Waals surface area (Å²) < 4.78 is 38.8. The van der Waals surface area contributed by atoms with Gasteiger partial charge in [-0.2, -0.15) is 0 Å². The molecule has 0 saturated heterocycles. The third kappa shape index (κ3) is 4.49. The molecule has 0 amide bonds. The molecule has 0 aliphatic carbocycles. The monoisotopic (exact) mass is 590 g/mol. The minimum atomic E-state index is -0.914. The highest BCUT2D eigenvalue weighted by Crippen LogP contribution is 2.54. The predicted molar refractivity (Wildman–Crippen MR) is 158 cm³/mol. The zero-order valence-corrected chi connectivity index (χ0v) is 24.3. The summed E-state index contributed by atoms with van der Waals surface area (Å²) in [5.74, 6) is -1.59. The van der Waals surface area contributed by atoms with Crippen molar-refractivity contribution in [2.45, 2.75) is 5.92 Å². The highest BCUT2D eigenvalue weighted by Gasteiger charge is 2.34. The van der Waals surface area contributed by atoms with Gasteiger partial charge in [0.1, 0.15) is 16.9 Å². The summed E-state index contributed by atoms with van der Waals surface area (Å²) in [5, 5.41) is 34.1. The number of hydrogen-bond acceptors (Lipinski definition) is 11. The van der Waals surface area contributed by atoms with Gasteiger partial charge in [-0.05, 0) is 17.7 Å². The van der Waals surface area contributed by atoms with Gasteiger partial charge in [0.05, 0.1) is 53.6 Å². The van der Waals surface area contributed by atoms with Gasteiger partial charge >= 0.3 is 0 Å². The van der Waals surface area contributed by atoms with Crippen LogP contribution in [0.25, 0.3) is 21.9 Å². The molecule has 224 valence electrons. The van der Waals surface area contributed by atoms with E-state index in [1.54, 1.807) is 36.4 Å². The number of phenolic OH excluding ortho intramolecular Hbond substituents is 3. The van der Waals surface area contributed by atoms with E-state index in [0.717, 1.165) is 0 Å². The third-order valence-corrected chi connectivity index (χ3v) is 7.34. The van der Waals surface area contributed by atoms with Crippen LogP contribution in [0.4, 0.5) is 0 Å². The molecule has 5 rings (SSSR count). The van der Waals surface area contributed by atoms with Crippen molar-refractivity contribution in [1.29, 1.82) is 0 Å². The van der Waals surface area contributed by atoms with Crippen molar-refractivity contribution in [3.8, 4) is 51.7 Å². The molecule has 0 saturated carbocycles. The number of fused-ring (bicyclic) bond motifs is 2. The van der Waals surface area contributed by atoms with E-state index in [4.69, 9.17) is 32.8 Å². The first kappa shape index (κ1) is 29.1. The van der Waals surface area contributed by atoms with Crippen LogP contribution in [0.15, 0.2) is 57.7 Å². The van der Waals surface area contributed by atoms with Crippen molar-refractivity contribution in [1.82, 2.24) is 0 Å². The number of benzene rings is 4. The molecule has 5 aromatic rings. The molecule has 3 N–H and O–H groups in total. The summed E-state index contributed by atoms with van der Waals surface area (Å²) in [6.07, 6.45) is 0. The van der Waals surface area contributed by atoms with Gasteiger partial charge in [0, 0.05) is 17.5 Å². The summed E-state index contributed by atoms with van der Waals surface area (Å²) in [5.41, 5.74) is -0.191. The van der Waals surface area contributed by atoms with Gasteiger partial charge in [-0.15, -0.1) is 0 Å². The molecule has 0 aliphatic heterocycles. The Labute approximate surface area is 245 Å². The lowest BCUT2D eigenvalue weighted by Crippen LogP contribution is -2.11. The lowest BCUT2D eigenvalue weighted by molar-refractivity contribution is 0.332. The lowest BCUT2D eigenvalue weighted by atomic mass is 9.82. The van der Waals surface area contributed by atoms with E-state index in [1.807, 2.05) is 6.07 Å². The van der Waals surface area contributed by atoms with Crippen molar-refractivity contribution < 1.29 is 48.2 Å². The van der Waals surface area contributed by atoms with Crippen LogP contribution in [-0.4, -0.2) is 58.0 Å². The fourth-order valence-corrected chi connectivity index (χ4v) is 5.36. The highest BCUT2D eigenvalue weighted by atomic mass is 16.5. The minimum Gasteiger partial charge on any atom is -0.507 e. The van der Waals surface area contributed by atoms with Crippen molar-refractivity contribution in [2.24, 2.45) is 0 Å². The lowest BCUT2D eigenvalue weighted by Gasteiger charge is -2.25. The van der Waals surface area contributed by atoms with E-state index in [-0.39, 0.29) is 44.8 Å². The Balaban J connectivity index is 1.96. The second-order valence-electron chi connectivity index (χ2n) is 9.41. The van der Waals surface area contributed by atoms with Crippen molar-refractivity contribution in [2.75, 3.05) is 42.7 Å². The summed E-state index contributed by atoms with van der Waals surface area (Å²) in [7, 11) is 8.39. The Hall–Kier alpha value is -5.45. The molecular formula is C32H30O11. The van der Waals surface area contributed by atoms with E-state index < -0.39 is 28.6 Å². The van der Waals surface area contributed by atoms with Gasteiger partial charge < -0.3 is 48.2 Å². The predicted octanol–water partition coefficient (Wildman–Crippen LogP) is 5.29. The van der Waals surface area contributed by atoms with Crippen LogP contribution in [0.2, 0.25) is 0 Å². The quantitative estimate of drug-likeness (QED) is 0.152. The first-order valence-corrected chi connectivity index (χ1v) is 13.0. The largest absolute Gasteiger partial charge is 0.507 e.